The van der Waals surface area contributed by atoms with Crippen LogP contribution >= 0.6 is 0 Å². The number of aromatic nitrogens is 2. The van der Waals surface area contributed by atoms with Crippen LogP contribution in [0.3, 0.4) is 0 Å². The molecule has 1 aromatic rings. The van der Waals surface area contributed by atoms with Gasteiger partial charge in [-0.2, -0.15) is 4.98 Å². The number of likely N-dealkylation sites (N-methyl/N-ethyl adjacent to an activating group) is 1. The lowest BCUT2D eigenvalue weighted by Crippen LogP contribution is -2.52. The highest BCUT2D eigenvalue weighted by Gasteiger charge is 2.41. The van der Waals surface area contributed by atoms with E-state index in [1.807, 2.05) is 25.9 Å². The summed E-state index contributed by atoms with van der Waals surface area (Å²) in [6.45, 7) is 6.71. The van der Waals surface area contributed by atoms with Crippen LogP contribution in [0.5, 0.6) is 0 Å². The molecule has 0 radical (unpaired) electrons. The molecule has 3 heterocycles. The highest BCUT2D eigenvalue weighted by Crippen LogP contribution is 2.41. The first-order valence-corrected chi connectivity index (χ1v) is 9.98. The number of likely N-dealkylation sites (tertiary alicyclic amines) is 1. The van der Waals surface area contributed by atoms with Crippen LogP contribution in [0.25, 0.3) is 0 Å². The van der Waals surface area contributed by atoms with Crippen LogP contribution in [0.2, 0.25) is 0 Å². The fraction of sp³-hybridized carbons (Fsp3) is 0.750. The summed E-state index contributed by atoms with van der Waals surface area (Å²) >= 11 is 0. The van der Waals surface area contributed by atoms with Crippen molar-refractivity contribution in [1.82, 2.24) is 19.8 Å². The third-order valence-corrected chi connectivity index (χ3v) is 5.94. The molecule has 0 atom stereocenters. The molecule has 2 saturated heterocycles. The molecule has 2 fully saturated rings. The van der Waals surface area contributed by atoms with Crippen molar-refractivity contribution in [3.05, 3.63) is 11.8 Å². The summed E-state index contributed by atoms with van der Waals surface area (Å²) in [5.74, 6) is 2.12. The Morgan fingerprint density at radius 2 is 1.81 bits per heavy atom. The van der Waals surface area contributed by atoms with E-state index in [-0.39, 0.29) is 5.41 Å². The quantitative estimate of drug-likeness (QED) is 0.781. The lowest BCUT2D eigenvalue weighted by molar-refractivity contribution is -0.138. The number of aryl methyl sites for hydroxylation is 1. The summed E-state index contributed by atoms with van der Waals surface area (Å²) in [6.07, 6.45) is 3.98. The number of hydrogen-bond acceptors (Lipinski definition) is 6. The SMILES string of the molecule is Cc1cc(N2CCC3(CCC(=O)N(CCN(C)C)C3)CC2)nc(N(C)C)n1. The fourth-order valence-electron chi connectivity index (χ4n) is 4.14. The molecule has 0 aromatic carbocycles. The van der Waals surface area contributed by atoms with Gasteiger partial charge in [0.25, 0.3) is 0 Å². The molecule has 2 aliphatic rings. The molecule has 3 rings (SSSR count). The van der Waals surface area contributed by atoms with E-state index < -0.39 is 0 Å². The standard InChI is InChI=1S/C20H34N6O/c1-16-14-17(22-19(21-16)24(4)5)25-10-8-20(9-11-25)7-6-18(27)26(15-20)13-12-23(2)3/h14H,6-13,15H2,1-5H3. The first-order valence-electron chi connectivity index (χ1n) is 9.98. The van der Waals surface area contributed by atoms with Crippen LogP contribution in [-0.4, -0.2) is 86.6 Å². The van der Waals surface area contributed by atoms with Gasteiger partial charge in [0.1, 0.15) is 5.82 Å². The van der Waals surface area contributed by atoms with Gasteiger partial charge in [-0.3, -0.25) is 4.79 Å². The summed E-state index contributed by atoms with van der Waals surface area (Å²) in [6, 6.07) is 2.08. The van der Waals surface area contributed by atoms with Gasteiger partial charge in [-0.15, -0.1) is 0 Å². The van der Waals surface area contributed by atoms with Crippen LogP contribution in [0.1, 0.15) is 31.4 Å². The molecule has 0 unspecified atom stereocenters. The largest absolute Gasteiger partial charge is 0.356 e. The van der Waals surface area contributed by atoms with E-state index in [0.717, 1.165) is 69.4 Å². The lowest BCUT2D eigenvalue weighted by atomic mass is 9.72. The molecule has 27 heavy (non-hydrogen) atoms. The highest BCUT2D eigenvalue weighted by atomic mass is 16.2. The summed E-state index contributed by atoms with van der Waals surface area (Å²) in [5.41, 5.74) is 1.28. The first-order chi connectivity index (χ1) is 12.8. The summed E-state index contributed by atoms with van der Waals surface area (Å²) < 4.78 is 0. The van der Waals surface area contributed by atoms with Gasteiger partial charge in [-0.1, -0.05) is 0 Å². The molecule has 0 aliphatic carbocycles. The highest BCUT2D eigenvalue weighted by molar-refractivity contribution is 5.77. The Bertz CT molecular complexity index is 666. The Morgan fingerprint density at radius 3 is 2.44 bits per heavy atom. The minimum absolute atomic E-state index is 0.281. The van der Waals surface area contributed by atoms with E-state index in [4.69, 9.17) is 4.98 Å². The van der Waals surface area contributed by atoms with Gasteiger partial charge in [0, 0.05) is 65.0 Å². The molecule has 0 saturated carbocycles. The zero-order chi connectivity index (χ0) is 19.6. The lowest BCUT2D eigenvalue weighted by Gasteiger charge is -2.48. The Labute approximate surface area is 163 Å². The predicted octanol–water partition coefficient (Wildman–Crippen LogP) is 1.62. The van der Waals surface area contributed by atoms with Gasteiger partial charge < -0.3 is 19.6 Å². The number of carbonyl (C=O) groups is 1. The van der Waals surface area contributed by atoms with Crippen LogP contribution < -0.4 is 9.80 Å². The molecule has 0 N–H and O–H groups in total. The monoisotopic (exact) mass is 374 g/mol. The van der Waals surface area contributed by atoms with Gasteiger partial charge in [0.15, 0.2) is 0 Å². The third-order valence-electron chi connectivity index (χ3n) is 5.94. The molecule has 2 aliphatic heterocycles. The number of anilines is 2. The van der Waals surface area contributed by atoms with Gasteiger partial charge in [-0.25, -0.2) is 4.98 Å². The van der Waals surface area contributed by atoms with Crippen molar-refractivity contribution in [2.75, 3.05) is 70.7 Å². The number of hydrogen-bond donors (Lipinski definition) is 0. The molecule has 7 heteroatoms. The number of carbonyl (C=O) groups excluding carboxylic acids is 1. The topological polar surface area (TPSA) is 55.8 Å². The van der Waals surface area contributed by atoms with E-state index in [0.29, 0.717) is 12.3 Å². The molecule has 0 bridgehead atoms. The van der Waals surface area contributed by atoms with E-state index in [1.165, 1.54) is 0 Å². The zero-order valence-corrected chi connectivity index (χ0v) is 17.5. The van der Waals surface area contributed by atoms with Gasteiger partial charge in [0.05, 0.1) is 0 Å². The van der Waals surface area contributed by atoms with Crippen molar-refractivity contribution in [2.45, 2.75) is 32.6 Å². The second kappa shape index (κ2) is 8.00. The molecule has 1 spiro atoms. The normalized spacial score (nSPS) is 19.9. The summed E-state index contributed by atoms with van der Waals surface area (Å²) in [4.78, 5) is 30.2. The molecular weight excluding hydrogens is 340 g/mol. The summed E-state index contributed by atoms with van der Waals surface area (Å²) in [5, 5.41) is 0. The number of piperidine rings is 2. The maximum atomic E-state index is 12.3. The first kappa shape index (κ1) is 19.9. The van der Waals surface area contributed by atoms with Gasteiger partial charge >= 0.3 is 0 Å². The second-order valence-corrected chi connectivity index (χ2v) is 8.67. The van der Waals surface area contributed by atoms with Crippen LogP contribution in [0.15, 0.2) is 6.07 Å². The predicted molar refractivity (Wildman–Crippen MR) is 109 cm³/mol. The maximum Gasteiger partial charge on any atom is 0.226 e. The molecule has 1 aromatic heterocycles. The second-order valence-electron chi connectivity index (χ2n) is 8.67. The van der Waals surface area contributed by atoms with Crippen LogP contribution in [-0.2, 0) is 4.79 Å². The van der Waals surface area contributed by atoms with Crippen molar-refractivity contribution in [3.63, 3.8) is 0 Å². The molecule has 1 amide bonds. The van der Waals surface area contributed by atoms with Crippen molar-refractivity contribution in [3.8, 4) is 0 Å². The Morgan fingerprint density at radius 1 is 1.11 bits per heavy atom. The molecular formula is C20H34N6O. The van der Waals surface area contributed by atoms with Crippen molar-refractivity contribution in [2.24, 2.45) is 5.41 Å². The van der Waals surface area contributed by atoms with Crippen molar-refractivity contribution >= 4 is 17.7 Å². The van der Waals surface area contributed by atoms with Gasteiger partial charge in [-0.05, 0) is 45.7 Å². The Balaban J connectivity index is 1.65. The van der Waals surface area contributed by atoms with Crippen LogP contribution in [0.4, 0.5) is 11.8 Å². The molecule has 150 valence electrons. The summed E-state index contributed by atoms with van der Waals surface area (Å²) in [7, 11) is 8.08. The maximum absolute atomic E-state index is 12.3. The fourth-order valence-corrected chi connectivity index (χ4v) is 4.14. The Hall–Kier alpha value is -1.89. The van der Waals surface area contributed by atoms with E-state index in [2.05, 4.69) is 39.8 Å². The average molecular weight is 375 g/mol. The van der Waals surface area contributed by atoms with Gasteiger partial charge in [0.2, 0.25) is 11.9 Å². The van der Waals surface area contributed by atoms with E-state index in [1.54, 1.807) is 0 Å². The smallest absolute Gasteiger partial charge is 0.226 e. The Kier molecular flexibility index (Phi) is 5.89. The zero-order valence-electron chi connectivity index (χ0n) is 17.5. The van der Waals surface area contributed by atoms with Crippen molar-refractivity contribution < 1.29 is 4.79 Å². The average Bonchev–Trinajstić information content (AvgIpc) is 2.62. The van der Waals surface area contributed by atoms with Crippen LogP contribution in [0, 0.1) is 12.3 Å². The number of amides is 1. The number of nitrogens with zero attached hydrogens (tertiary/aromatic N) is 6. The minimum atomic E-state index is 0.281. The minimum Gasteiger partial charge on any atom is -0.356 e. The van der Waals surface area contributed by atoms with E-state index >= 15 is 0 Å². The van der Waals surface area contributed by atoms with Crippen molar-refractivity contribution in [1.29, 1.82) is 0 Å². The third kappa shape index (κ3) is 4.69. The number of rotatable bonds is 5. The molecule has 7 nitrogen and oxygen atoms in total. The van der Waals surface area contributed by atoms with E-state index in [9.17, 15) is 4.79 Å².